The van der Waals surface area contributed by atoms with Crippen LogP contribution in [-0.4, -0.2) is 22.6 Å². The number of hydrogen-bond acceptors (Lipinski definition) is 6. The van der Waals surface area contributed by atoms with Crippen molar-refractivity contribution in [2.24, 2.45) is 0 Å². The van der Waals surface area contributed by atoms with Gasteiger partial charge in [-0.25, -0.2) is 4.79 Å². The van der Waals surface area contributed by atoms with Crippen molar-refractivity contribution in [3.8, 4) is 11.8 Å². The fraction of sp³-hybridized carbons (Fsp3) is 0.143. The zero-order valence-electron chi connectivity index (χ0n) is 12.8. The molecule has 26 heavy (non-hydrogen) atoms. The molecule has 0 bridgehead atoms. The number of nitriles is 1. The van der Waals surface area contributed by atoms with Gasteiger partial charge in [-0.2, -0.15) is 18.4 Å². The summed E-state index contributed by atoms with van der Waals surface area (Å²) in [5.41, 5.74) is 1.89. The lowest BCUT2D eigenvalue weighted by Crippen LogP contribution is -2.17. The van der Waals surface area contributed by atoms with E-state index in [1.165, 1.54) is 22.6 Å². The lowest BCUT2D eigenvalue weighted by atomic mass is 10.1. The lowest BCUT2D eigenvalue weighted by molar-refractivity contribution is -0.385. The van der Waals surface area contributed by atoms with Crippen LogP contribution in [0.1, 0.15) is 21.6 Å². The monoisotopic (exact) mass is 480 g/mol. The number of ether oxygens (including phenoxy) is 1. The Labute approximate surface area is 157 Å². The molecule has 12 heteroatoms. The average Bonchev–Trinajstić information content (AvgIpc) is 2.88. The second kappa shape index (κ2) is 6.83. The van der Waals surface area contributed by atoms with Crippen LogP contribution in [0.4, 0.5) is 24.5 Å². The predicted molar refractivity (Wildman–Crippen MR) is 90.6 cm³/mol. The Morgan fingerprint density at radius 1 is 1.46 bits per heavy atom. The molecule has 2 rings (SSSR count). The molecule has 0 aliphatic carbocycles. The highest BCUT2D eigenvalue weighted by Gasteiger charge is 2.38. The first-order valence-corrected chi connectivity index (χ1v) is 7.65. The van der Waals surface area contributed by atoms with E-state index in [1.807, 2.05) is 0 Å². The average molecular weight is 480 g/mol. The molecular formula is C14H8F3IN4O4. The van der Waals surface area contributed by atoms with E-state index in [1.54, 1.807) is 6.07 Å². The molecule has 0 spiro atoms. The summed E-state index contributed by atoms with van der Waals surface area (Å²) in [6, 6.07) is 2.93. The van der Waals surface area contributed by atoms with Gasteiger partial charge in [0.05, 0.1) is 34.5 Å². The summed E-state index contributed by atoms with van der Waals surface area (Å²) >= 11 is 1.47. The maximum absolute atomic E-state index is 13.5. The number of carbonyl (C=O) groups is 1. The van der Waals surface area contributed by atoms with Gasteiger partial charge in [-0.05, 0) is 22.6 Å². The van der Waals surface area contributed by atoms with Crippen molar-refractivity contribution in [1.82, 2.24) is 4.57 Å². The van der Waals surface area contributed by atoms with Crippen molar-refractivity contribution in [1.29, 1.82) is 5.26 Å². The van der Waals surface area contributed by atoms with Crippen LogP contribution in [0.25, 0.3) is 5.69 Å². The standard InChI is InChI=1S/C14H8F3IN4O4/c1-26-13(23)12-10(20)6(4-19)5-21(12)11-8(14(15,16)17)2-7(22(24)25)3-9(11)18/h2-3,5H,20H2,1H3. The summed E-state index contributed by atoms with van der Waals surface area (Å²) in [4.78, 5) is 21.9. The molecule has 0 amide bonds. The molecule has 0 saturated heterocycles. The van der Waals surface area contributed by atoms with Crippen LogP contribution >= 0.6 is 22.6 Å². The molecule has 0 aliphatic rings. The van der Waals surface area contributed by atoms with E-state index >= 15 is 0 Å². The second-order valence-corrected chi connectivity index (χ2v) is 6.02. The van der Waals surface area contributed by atoms with Crippen LogP contribution in [0.3, 0.4) is 0 Å². The van der Waals surface area contributed by atoms with Crippen LogP contribution in [0.15, 0.2) is 18.3 Å². The molecule has 2 N–H and O–H groups in total. The number of carbonyl (C=O) groups excluding carboxylic acids is 1. The van der Waals surface area contributed by atoms with E-state index in [-0.39, 0.29) is 14.8 Å². The number of halogens is 4. The number of esters is 1. The molecule has 0 fully saturated rings. The smallest absolute Gasteiger partial charge is 0.418 e. The maximum atomic E-state index is 13.5. The fourth-order valence-corrected chi connectivity index (χ4v) is 3.11. The molecule has 1 aromatic heterocycles. The summed E-state index contributed by atoms with van der Waals surface area (Å²) in [6.07, 6.45) is -4.03. The first-order chi connectivity index (χ1) is 12.0. The van der Waals surface area contributed by atoms with Crippen LogP contribution < -0.4 is 5.73 Å². The van der Waals surface area contributed by atoms with E-state index in [2.05, 4.69) is 4.74 Å². The van der Waals surface area contributed by atoms with Crippen LogP contribution in [0.2, 0.25) is 0 Å². The number of non-ortho nitro benzene ring substituents is 1. The number of nitro benzene ring substituents is 1. The normalized spacial score (nSPS) is 11.1. The summed E-state index contributed by atoms with van der Waals surface area (Å²) in [7, 11) is 0.997. The molecule has 1 aromatic carbocycles. The number of rotatable bonds is 3. The number of aromatic nitrogens is 1. The third-order valence-electron chi connectivity index (χ3n) is 3.35. The Balaban J connectivity index is 2.96. The molecule has 0 radical (unpaired) electrons. The number of benzene rings is 1. The number of hydrogen-bond donors (Lipinski definition) is 1. The highest BCUT2D eigenvalue weighted by Crippen LogP contribution is 2.40. The minimum Gasteiger partial charge on any atom is -0.464 e. The highest BCUT2D eigenvalue weighted by atomic mass is 127. The van der Waals surface area contributed by atoms with Gasteiger partial charge in [0.1, 0.15) is 6.07 Å². The molecule has 1 heterocycles. The van der Waals surface area contributed by atoms with Crippen LogP contribution in [0.5, 0.6) is 0 Å². The van der Waals surface area contributed by atoms with E-state index in [0.717, 1.165) is 23.9 Å². The zero-order valence-corrected chi connectivity index (χ0v) is 15.0. The third-order valence-corrected chi connectivity index (χ3v) is 4.17. The highest BCUT2D eigenvalue weighted by molar-refractivity contribution is 14.1. The van der Waals surface area contributed by atoms with Gasteiger partial charge in [-0.15, -0.1) is 0 Å². The fourth-order valence-electron chi connectivity index (χ4n) is 2.24. The van der Waals surface area contributed by atoms with E-state index < -0.39 is 39.7 Å². The van der Waals surface area contributed by atoms with Gasteiger partial charge < -0.3 is 15.0 Å². The second-order valence-electron chi connectivity index (χ2n) is 4.86. The summed E-state index contributed by atoms with van der Waals surface area (Å²) in [5, 5.41) is 20.0. The van der Waals surface area contributed by atoms with Gasteiger partial charge in [0.25, 0.3) is 5.69 Å². The summed E-state index contributed by atoms with van der Waals surface area (Å²) in [6.45, 7) is 0. The Bertz CT molecular complexity index is 963. The number of nitro groups is 1. The zero-order chi connectivity index (χ0) is 19.8. The molecule has 0 atom stereocenters. The Hall–Kier alpha value is -2.82. The predicted octanol–water partition coefficient (Wildman–Crippen LogP) is 3.25. The van der Waals surface area contributed by atoms with Gasteiger partial charge in [0, 0.05) is 21.9 Å². The maximum Gasteiger partial charge on any atom is 0.418 e. The van der Waals surface area contributed by atoms with Crippen molar-refractivity contribution in [2.75, 3.05) is 12.8 Å². The summed E-state index contributed by atoms with van der Waals surface area (Å²) < 4.78 is 45.6. The topological polar surface area (TPSA) is 124 Å². The molecular weight excluding hydrogens is 472 g/mol. The van der Waals surface area contributed by atoms with Crippen molar-refractivity contribution >= 4 is 39.9 Å². The number of alkyl halides is 3. The van der Waals surface area contributed by atoms with E-state index in [4.69, 9.17) is 11.0 Å². The Kier molecular flexibility index (Phi) is 5.12. The molecule has 136 valence electrons. The van der Waals surface area contributed by atoms with E-state index in [0.29, 0.717) is 6.07 Å². The number of nitrogens with zero attached hydrogens (tertiary/aromatic N) is 3. The van der Waals surface area contributed by atoms with Crippen LogP contribution in [0, 0.1) is 25.0 Å². The van der Waals surface area contributed by atoms with Gasteiger partial charge in [0.15, 0.2) is 5.69 Å². The Morgan fingerprint density at radius 3 is 2.54 bits per heavy atom. The molecule has 2 aromatic rings. The van der Waals surface area contributed by atoms with Gasteiger partial charge >= 0.3 is 12.1 Å². The SMILES string of the molecule is COC(=O)c1c(N)c(C#N)cn1-c1c(I)cc([N+](=O)[O-])cc1C(F)(F)F. The first-order valence-electron chi connectivity index (χ1n) is 6.57. The molecule has 0 unspecified atom stereocenters. The van der Waals surface area contributed by atoms with Gasteiger partial charge in [-0.3, -0.25) is 10.1 Å². The first kappa shape index (κ1) is 19.5. The number of nitrogen functional groups attached to an aromatic ring is 1. The minimum atomic E-state index is -4.97. The van der Waals surface area contributed by atoms with Crippen molar-refractivity contribution in [2.45, 2.75) is 6.18 Å². The third kappa shape index (κ3) is 3.29. The minimum absolute atomic E-state index is 0.172. The quantitative estimate of drug-likeness (QED) is 0.312. The molecule has 8 nitrogen and oxygen atoms in total. The largest absolute Gasteiger partial charge is 0.464 e. The number of methoxy groups -OCH3 is 1. The number of nitrogens with two attached hydrogens (primary N) is 1. The van der Waals surface area contributed by atoms with Gasteiger partial charge in [0.2, 0.25) is 0 Å². The molecule has 0 saturated carbocycles. The lowest BCUT2D eigenvalue weighted by Gasteiger charge is -2.17. The van der Waals surface area contributed by atoms with Gasteiger partial charge in [-0.1, -0.05) is 0 Å². The van der Waals surface area contributed by atoms with E-state index in [9.17, 15) is 28.1 Å². The van der Waals surface area contributed by atoms with Crippen molar-refractivity contribution < 1.29 is 27.6 Å². The van der Waals surface area contributed by atoms with Crippen molar-refractivity contribution in [3.63, 3.8) is 0 Å². The summed E-state index contributed by atoms with van der Waals surface area (Å²) in [5.74, 6) is -1.06. The molecule has 0 aliphatic heterocycles. The van der Waals surface area contributed by atoms with Crippen molar-refractivity contribution in [3.05, 3.63) is 48.8 Å². The van der Waals surface area contributed by atoms with Crippen LogP contribution in [-0.2, 0) is 10.9 Å². The number of anilines is 1. The Morgan fingerprint density at radius 2 is 2.08 bits per heavy atom.